The highest BCUT2D eigenvalue weighted by Crippen LogP contribution is 2.16. The van der Waals surface area contributed by atoms with Gasteiger partial charge in [0.1, 0.15) is 0 Å². The number of hydrogen-bond acceptors (Lipinski definition) is 2. The van der Waals surface area contributed by atoms with E-state index in [9.17, 15) is 4.79 Å². The average molecular weight is 347 g/mol. The first-order valence-corrected chi connectivity index (χ1v) is 7.73. The summed E-state index contributed by atoms with van der Waals surface area (Å²) in [5.41, 5.74) is 1.95. The van der Waals surface area contributed by atoms with Gasteiger partial charge in [-0.3, -0.25) is 10.1 Å². The van der Waals surface area contributed by atoms with Gasteiger partial charge in [0, 0.05) is 16.2 Å². The van der Waals surface area contributed by atoms with E-state index in [0.717, 1.165) is 10.2 Å². The van der Waals surface area contributed by atoms with Crippen LogP contribution in [0, 0.1) is 0 Å². The first-order valence-electron chi connectivity index (χ1n) is 6.93. The Morgan fingerprint density at radius 3 is 2.43 bits per heavy atom. The molecule has 4 heteroatoms. The molecule has 3 nitrogen and oxygen atoms in total. The number of rotatable bonds is 5. The first kappa shape index (κ1) is 15.7. The molecule has 2 atom stereocenters. The lowest BCUT2D eigenvalue weighted by Gasteiger charge is -2.20. The summed E-state index contributed by atoms with van der Waals surface area (Å²) in [5, 5.41) is 6.21. The number of hydrogen-bond donors (Lipinski definition) is 2. The van der Waals surface area contributed by atoms with E-state index in [2.05, 4.69) is 45.6 Å². The zero-order valence-corrected chi connectivity index (χ0v) is 13.7. The Kier molecular flexibility index (Phi) is 5.53. The standard InChI is InChI=1S/C17H19BrN2O/c1-12(14-7-4-3-5-8-14)19-13(2)17(21)20-16-10-6-9-15(18)11-16/h3-13,19H,1-2H3,(H,20,21)/t12-,13-/m1/s1. The Hall–Kier alpha value is -1.65. The van der Waals surface area contributed by atoms with Crippen molar-refractivity contribution >= 4 is 27.5 Å². The molecule has 0 radical (unpaired) electrons. The molecule has 0 unspecified atom stereocenters. The van der Waals surface area contributed by atoms with Gasteiger partial charge >= 0.3 is 0 Å². The summed E-state index contributed by atoms with van der Waals surface area (Å²) in [6.07, 6.45) is 0. The van der Waals surface area contributed by atoms with Crippen LogP contribution < -0.4 is 10.6 Å². The van der Waals surface area contributed by atoms with Gasteiger partial charge in [-0.1, -0.05) is 52.3 Å². The van der Waals surface area contributed by atoms with Gasteiger partial charge in [0.05, 0.1) is 6.04 Å². The number of carbonyl (C=O) groups excluding carboxylic acids is 1. The topological polar surface area (TPSA) is 41.1 Å². The predicted molar refractivity (Wildman–Crippen MR) is 90.2 cm³/mol. The molecule has 0 bridgehead atoms. The third-order valence-corrected chi connectivity index (χ3v) is 3.78. The summed E-state index contributed by atoms with van der Waals surface area (Å²) < 4.78 is 0.943. The highest BCUT2D eigenvalue weighted by atomic mass is 79.9. The quantitative estimate of drug-likeness (QED) is 0.854. The van der Waals surface area contributed by atoms with Gasteiger partial charge < -0.3 is 5.32 Å². The van der Waals surface area contributed by atoms with Gasteiger partial charge in [-0.05, 0) is 37.6 Å². The van der Waals surface area contributed by atoms with E-state index >= 15 is 0 Å². The maximum absolute atomic E-state index is 12.2. The van der Waals surface area contributed by atoms with Crippen molar-refractivity contribution in [1.82, 2.24) is 5.32 Å². The van der Waals surface area contributed by atoms with Crippen molar-refractivity contribution in [3.8, 4) is 0 Å². The third-order valence-electron chi connectivity index (χ3n) is 3.29. The molecule has 0 aliphatic heterocycles. The van der Waals surface area contributed by atoms with Crippen LogP contribution in [-0.4, -0.2) is 11.9 Å². The van der Waals surface area contributed by atoms with Crippen LogP contribution >= 0.6 is 15.9 Å². The lowest BCUT2D eigenvalue weighted by atomic mass is 10.1. The molecule has 21 heavy (non-hydrogen) atoms. The molecule has 0 heterocycles. The number of halogens is 1. The largest absolute Gasteiger partial charge is 0.325 e. The van der Waals surface area contributed by atoms with E-state index in [1.54, 1.807) is 0 Å². The van der Waals surface area contributed by atoms with Crippen LogP contribution in [0.15, 0.2) is 59.1 Å². The molecule has 0 saturated heterocycles. The maximum atomic E-state index is 12.2. The summed E-state index contributed by atoms with van der Waals surface area (Å²) in [6, 6.07) is 17.5. The van der Waals surface area contributed by atoms with Crippen molar-refractivity contribution in [1.29, 1.82) is 0 Å². The summed E-state index contributed by atoms with van der Waals surface area (Å²) in [7, 11) is 0. The zero-order chi connectivity index (χ0) is 15.2. The van der Waals surface area contributed by atoms with Crippen molar-refractivity contribution < 1.29 is 4.79 Å². The van der Waals surface area contributed by atoms with E-state index in [1.165, 1.54) is 5.56 Å². The minimum Gasteiger partial charge on any atom is -0.325 e. The molecular weight excluding hydrogens is 328 g/mol. The van der Waals surface area contributed by atoms with E-state index in [1.807, 2.05) is 49.4 Å². The molecule has 2 aromatic rings. The van der Waals surface area contributed by atoms with Gasteiger partial charge in [-0.25, -0.2) is 0 Å². The Labute approximate surface area is 133 Å². The van der Waals surface area contributed by atoms with E-state index in [-0.39, 0.29) is 18.0 Å². The summed E-state index contributed by atoms with van der Waals surface area (Å²) in [5.74, 6) is -0.0455. The molecule has 2 rings (SSSR count). The van der Waals surface area contributed by atoms with Crippen molar-refractivity contribution in [2.24, 2.45) is 0 Å². The van der Waals surface area contributed by atoms with E-state index in [0.29, 0.717) is 0 Å². The number of carbonyl (C=O) groups is 1. The Balaban J connectivity index is 1.93. The highest BCUT2D eigenvalue weighted by Gasteiger charge is 2.16. The van der Waals surface area contributed by atoms with Crippen molar-refractivity contribution in [2.45, 2.75) is 25.9 Å². The maximum Gasteiger partial charge on any atom is 0.241 e. The fraction of sp³-hybridized carbons (Fsp3) is 0.235. The summed E-state index contributed by atoms with van der Waals surface area (Å²) >= 11 is 3.39. The third kappa shape index (κ3) is 4.69. The molecule has 0 aromatic heterocycles. The molecule has 1 amide bonds. The van der Waals surface area contributed by atoms with Crippen molar-refractivity contribution in [2.75, 3.05) is 5.32 Å². The van der Waals surface area contributed by atoms with Gasteiger partial charge in [-0.15, -0.1) is 0 Å². The molecular formula is C17H19BrN2O. The summed E-state index contributed by atoms with van der Waals surface area (Å²) in [6.45, 7) is 3.92. The fourth-order valence-corrected chi connectivity index (χ4v) is 2.50. The lowest BCUT2D eigenvalue weighted by Crippen LogP contribution is -2.39. The van der Waals surface area contributed by atoms with Crippen LogP contribution in [0.1, 0.15) is 25.5 Å². The Morgan fingerprint density at radius 2 is 1.76 bits per heavy atom. The van der Waals surface area contributed by atoms with Crippen LogP contribution in [0.3, 0.4) is 0 Å². The van der Waals surface area contributed by atoms with Crippen molar-refractivity contribution in [3.63, 3.8) is 0 Å². The van der Waals surface area contributed by atoms with Gasteiger partial charge in [0.15, 0.2) is 0 Å². The monoisotopic (exact) mass is 346 g/mol. The Morgan fingerprint density at radius 1 is 1.05 bits per heavy atom. The van der Waals surface area contributed by atoms with Crippen LogP contribution in [0.2, 0.25) is 0 Å². The SMILES string of the molecule is C[C@@H](N[C@H](C)c1ccccc1)C(=O)Nc1cccc(Br)c1. The number of nitrogens with one attached hydrogen (secondary N) is 2. The van der Waals surface area contributed by atoms with Gasteiger partial charge in [0.2, 0.25) is 5.91 Å². The lowest BCUT2D eigenvalue weighted by molar-refractivity contribution is -0.117. The number of anilines is 1. The number of benzene rings is 2. The molecule has 110 valence electrons. The van der Waals surface area contributed by atoms with E-state index in [4.69, 9.17) is 0 Å². The summed E-state index contributed by atoms with van der Waals surface area (Å²) in [4.78, 5) is 12.2. The average Bonchev–Trinajstić information content (AvgIpc) is 2.48. The smallest absolute Gasteiger partial charge is 0.241 e. The van der Waals surface area contributed by atoms with E-state index < -0.39 is 0 Å². The Bertz CT molecular complexity index is 601. The van der Waals surface area contributed by atoms with Crippen molar-refractivity contribution in [3.05, 3.63) is 64.6 Å². The predicted octanol–water partition coefficient (Wildman–Crippen LogP) is 4.13. The minimum absolute atomic E-state index is 0.0455. The second-order valence-corrected chi connectivity index (χ2v) is 5.94. The second-order valence-electron chi connectivity index (χ2n) is 5.02. The normalized spacial score (nSPS) is 13.5. The van der Waals surface area contributed by atoms with Crippen LogP contribution in [-0.2, 0) is 4.79 Å². The molecule has 0 aliphatic rings. The number of amides is 1. The molecule has 0 saturated carbocycles. The van der Waals surface area contributed by atoms with Gasteiger partial charge in [-0.2, -0.15) is 0 Å². The first-order chi connectivity index (χ1) is 10.1. The molecule has 2 N–H and O–H groups in total. The fourth-order valence-electron chi connectivity index (χ4n) is 2.11. The zero-order valence-electron chi connectivity index (χ0n) is 12.1. The highest BCUT2D eigenvalue weighted by molar-refractivity contribution is 9.10. The molecule has 0 spiro atoms. The minimum atomic E-state index is -0.279. The second kappa shape index (κ2) is 7.38. The van der Waals surface area contributed by atoms with Crippen LogP contribution in [0.4, 0.5) is 5.69 Å². The van der Waals surface area contributed by atoms with Crippen LogP contribution in [0.5, 0.6) is 0 Å². The molecule has 0 fully saturated rings. The van der Waals surface area contributed by atoms with Gasteiger partial charge in [0.25, 0.3) is 0 Å². The molecule has 2 aromatic carbocycles. The van der Waals surface area contributed by atoms with Crippen LogP contribution in [0.25, 0.3) is 0 Å². The molecule has 0 aliphatic carbocycles.